The van der Waals surface area contributed by atoms with Gasteiger partial charge in [0.2, 0.25) is 5.91 Å². The van der Waals surface area contributed by atoms with Crippen LogP contribution in [0.4, 0.5) is 0 Å². The Hall–Kier alpha value is -2.25. The van der Waals surface area contributed by atoms with Crippen LogP contribution in [0.2, 0.25) is 0 Å². The predicted molar refractivity (Wildman–Crippen MR) is 96.3 cm³/mol. The van der Waals surface area contributed by atoms with Crippen LogP contribution in [0.25, 0.3) is 0 Å². The third kappa shape index (κ3) is 3.37. The number of benzene rings is 1. The average Bonchev–Trinajstić information content (AvgIpc) is 3.06. The molecule has 2 aromatic rings. The molecule has 2 aliphatic rings. The van der Waals surface area contributed by atoms with Gasteiger partial charge in [-0.25, -0.2) is 4.63 Å². The maximum Gasteiger partial charge on any atom is 0.240 e. The summed E-state index contributed by atoms with van der Waals surface area (Å²) >= 11 is 0. The van der Waals surface area contributed by atoms with E-state index in [1.807, 2.05) is 11.8 Å². The highest BCUT2D eigenvalue weighted by atomic mass is 16.6. The van der Waals surface area contributed by atoms with Gasteiger partial charge >= 0.3 is 0 Å². The lowest BCUT2D eigenvalue weighted by Gasteiger charge is -2.40. The zero-order valence-electron chi connectivity index (χ0n) is 15.4. The van der Waals surface area contributed by atoms with Crippen LogP contribution < -0.4 is 0 Å². The van der Waals surface area contributed by atoms with Crippen LogP contribution in [0.5, 0.6) is 0 Å². The second-order valence-corrected chi connectivity index (χ2v) is 7.30. The molecule has 0 N–H and O–H groups in total. The molecule has 0 saturated carbocycles. The molecule has 0 bridgehead atoms. The van der Waals surface area contributed by atoms with Crippen LogP contribution in [0.1, 0.15) is 22.5 Å². The van der Waals surface area contributed by atoms with E-state index in [0.29, 0.717) is 0 Å². The molecule has 1 amide bonds. The van der Waals surface area contributed by atoms with E-state index < -0.39 is 0 Å². The first-order chi connectivity index (χ1) is 12.6. The molecule has 1 saturated heterocycles. The maximum absolute atomic E-state index is 13.1. The predicted octanol–water partition coefficient (Wildman–Crippen LogP) is 1.08. The summed E-state index contributed by atoms with van der Waals surface area (Å²) < 4.78 is 4.77. The van der Waals surface area contributed by atoms with Crippen LogP contribution in [0.3, 0.4) is 0 Å². The van der Waals surface area contributed by atoms with Crippen LogP contribution in [0.15, 0.2) is 28.9 Å². The summed E-state index contributed by atoms with van der Waals surface area (Å²) in [6.07, 6.45) is 0.801. The summed E-state index contributed by atoms with van der Waals surface area (Å²) in [4.78, 5) is 19.6. The number of likely N-dealkylation sites (N-methyl/N-ethyl adjacent to an activating group) is 1. The Labute approximate surface area is 153 Å². The van der Waals surface area contributed by atoms with Gasteiger partial charge in [0.15, 0.2) is 0 Å². The number of piperazine rings is 1. The van der Waals surface area contributed by atoms with Crippen LogP contribution in [-0.4, -0.2) is 70.2 Å². The Kier molecular flexibility index (Phi) is 4.74. The SMILES string of the molecule is Cc1nonc1CN1CCN(C(=O)[C@@H]2Cc3ccccc3CN2C)CC1. The number of hydrogen-bond acceptors (Lipinski definition) is 6. The highest BCUT2D eigenvalue weighted by molar-refractivity contribution is 5.82. The van der Waals surface area contributed by atoms with Crippen molar-refractivity contribution in [1.29, 1.82) is 0 Å². The van der Waals surface area contributed by atoms with Crippen molar-refractivity contribution in [3.05, 3.63) is 46.8 Å². The number of carbonyl (C=O) groups is 1. The molecule has 1 aromatic carbocycles. The molecule has 138 valence electrons. The van der Waals surface area contributed by atoms with Gasteiger partial charge in [-0.15, -0.1) is 0 Å². The Balaban J connectivity index is 1.36. The van der Waals surface area contributed by atoms with Crippen LogP contribution in [-0.2, 0) is 24.3 Å². The van der Waals surface area contributed by atoms with E-state index in [1.54, 1.807) is 0 Å². The Morgan fingerprint density at radius 1 is 1.15 bits per heavy atom. The minimum atomic E-state index is -0.0570. The highest BCUT2D eigenvalue weighted by Crippen LogP contribution is 2.23. The molecule has 0 aliphatic carbocycles. The number of hydrogen-bond donors (Lipinski definition) is 0. The largest absolute Gasteiger partial charge is 0.339 e. The van der Waals surface area contributed by atoms with Crippen molar-refractivity contribution in [2.75, 3.05) is 33.2 Å². The van der Waals surface area contributed by atoms with Gasteiger partial charge in [-0.2, -0.15) is 0 Å². The van der Waals surface area contributed by atoms with E-state index in [-0.39, 0.29) is 11.9 Å². The molecule has 7 heteroatoms. The fourth-order valence-electron chi connectivity index (χ4n) is 3.87. The third-order valence-corrected chi connectivity index (χ3v) is 5.57. The topological polar surface area (TPSA) is 65.7 Å². The molecule has 7 nitrogen and oxygen atoms in total. The minimum Gasteiger partial charge on any atom is -0.339 e. The smallest absolute Gasteiger partial charge is 0.240 e. The lowest BCUT2D eigenvalue weighted by atomic mass is 9.93. The van der Waals surface area contributed by atoms with Gasteiger partial charge in [0.05, 0.1) is 6.04 Å². The molecule has 4 rings (SSSR count). The molecule has 0 spiro atoms. The van der Waals surface area contributed by atoms with Crippen LogP contribution in [0, 0.1) is 6.92 Å². The fourth-order valence-corrected chi connectivity index (χ4v) is 3.87. The summed E-state index contributed by atoms with van der Waals surface area (Å²) in [5.41, 5.74) is 4.36. The van der Waals surface area contributed by atoms with Crippen LogP contribution >= 0.6 is 0 Å². The Morgan fingerprint density at radius 3 is 2.58 bits per heavy atom. The number of amides is 1. The zero-order chi connectivity index (χ0) is 18.1. The van der Waals surface area contributed by atoms with Gasteiger partial charge in [0.1, 0.15) is 11.4 Å². The lowest BCUT2D eigenvalue weighted by molar-refractivity contribution is -0.139. The third-order valence-electron chi connectivity index (χ3n) is 5.57. The molecular weight excluding hydrogens is 330 g/mol. The highest BCUT2D eigenvalue weighted by Gasteiger charge is 2.33. The number of aryl methyl sites for hydroxylation is 1. The van der Waals surface area contributed by atoms with Crippen molar-refractivity contribution < 1.29 is 9.42 Å². The molecule has 26 heavy (non-hydrogen) atoms. The van der Waals surface area contributed by atoms with Gasteiger partial charge in [-0.05, 0) is 31.5 Å². The van der Waals surface area contributed by atoms with Crippen molar-refractivity contribution in [2.24, 2.45) is 0 Å². The summed E-state index contributed by atoms with van der Waals surface area (Å²) in [7, 11) is 2.05. The number of aromatic nitrogens is 2. The number of carbonyl (C=O) groups excluding carboxylic acids is 1. The standard InChI is InChI=1S/C19H25N5O2/c1-14-17(21-26-20-14)13-23-7-9-24(10-8-23)19(25)18-11-15-5-3-4-6-16(15)12-22(18)2/h3-6,18H,7-13H2,1-2H3/t18-/m0/s1. The number of fused-ring (bicyclic) bond motifs is 1. The second-order valence-electron chi connectivity index (χ2n) is 7.30. The summed E-state index contributed by atoms with van der Waals surface area (Å²) in [5.74, 6) is 0.251. The molecule has 0 radical (unpaired) electrons. The first-order valence-corrected chi connectivity index (χ1v) is 9.18. The van der Waals surface area contributed by atoms with Crippen molar-refractivity contribution in [3.63, 3.8) is 0 Å². The van der Waals surface area contributed by atoms with Gasteiger partial charge in [0, 0.05) is 39.3 Å². The van der Waals surface area contributed by atoms with Gasteiger partial charge in [0.25, 0.3) is 0 Å². The molecule has 0 unspecified atom stereocenters. The number of nitrogens with zero attached hydrogens (tertiary/aromatic N) is 5. The summed E-state index contributed by atoms with van der Waals surface area (Å²) in [6.45, 7) is 6.70. The van der Waals surface area contributed by atoms with E-state index in [0.717, 1.165) is 57.1 Å². The van der Waals surface area contributed by atoms with E-state index in [1.165, 1.54) is 11.1 Å². The summed E-state index contributed by atoms with van der Waals surface area (Å²) in [5, 5.41) is 7.78. The van der Waals surface area contributed by atoms with E-state index in [2.05, 4.69) is 51.4 Å². The average molecular weight is 355 g/mol. The van der Waals surface area contributed by atoms with Gasteiger partial charge < -0.3 is 4.90 Å². The molecule has 3 heterocycles. The maximum atomic E-state index is 13.1. The molecule has 2 aliphatic heterocycles. The van der Waals surface area contributed by atoms with Gasteiger partial charge in [-0.1, -0.05) is 34.6 Å². The van der Waals surface area contributed by atoms with E-state index >= 15 is 0 Å². The lowest BCUT2D eigenvalue weighted by Crippen LogP contribution is -2.55. The quantitative estimate of drug-likeness (QED) is 0.821. The Morgan fingerprint density at radius 2 is 1.88 bits per heavy atom. The van der Waals surface area contributed by atoms with Crippen molar-refractivity contribution in [2.45, 2.75) is 32.5 Å². The Bertz CT molecular complexity index is 782. The molecular formula is C19H25N5O2. The summed E-state index contributed by atoms with van der Waals surface area (Å²) in [6, 6.07) is 8.38. The van der Waals surface area contributed by atoms with E-state index in [9.17, 15) is 4.79 Å². The molecule has 1 atom stereocenters. The fraction of sp³-hybridized carbons (Fsp3) is 0.526. The normalized spacial score (nSPS) is 21.6. The zero-order valence-corrected chi connectivity index (χ0v) is 15.4. The van der Waals surface area contributed by atoms with Crippen molar-refractivity contribution >= 4 is 5.91 Å². The monoisotopic (exact) mass is 355 g/mol. The first kappa shape index (κ1) is 17.2. The number of rotatable bonds is 3. The first-order valence-electron chi connectivity index (χ1n) is 9.18. The van der Waals surface area contributed by atoms with Gasteiger partial charge in [-0.3, -0.25) is 14.6 Å². The van der Waals surface area contributed by atoms with E-state index in [4.69, 9.17) is 4.63 Å². The molecule has 1 aromatic heterocycles. The molecule has 1 fully saturated rings. The second kappa shape index (κ2) is 7.17. The van der Waals surface area contributed by atoms with Crippen molar-refractivity contribution in [1.82, 2.24) is 25.0 Å². The van der Waals surface area contributed by atoms with Crippen molar-refractivity contribution in [3.8, 4) is 0 Å². The minimum absolute atomic E-state index is 0.0570.